The van der Waals surface area contributed by atoms with E-state index in [9.17, 15) is 18.3 Å². The molecule has 0 saturated carbocycles. The maximum atomic E-state index is 12.4. The van der Waals surface area contributed by atoms with Crippen LogP contribution in [0.15, 0.2) is 6.07 Å². The van der Waals surface area contributed by atoms with Gasteiger partial charge in [0, 0.05) is 35.3 Å². The molecule has 1 N–H and O–H groups in total. The monoisotopic (exact) mass is 377 g/mol. The zero-order valence-electron chi connectivity index (χ0n) is 14.7. The minimum atomic E-state index is -4.33. The molecule has 1 spiro atoms. The Morgan fingerprint density at radius 2 is 2.24 bits per heavy atom. The van der Waals surface area contributed by atoms with Crippen molar-refractivity contribution in [3.63, 3.8) is 0 Å². The summed E-state index contributed by atoms with van der Waals surface area (Å²) in [6.45, 7) is 5.59. The van der Waals surface area contributed by atoms with E-state index in [0.717, 1.165) is 25.7 Å². The van der Waals surface area contributed by atoms with Crippen LogP contribution in [0.25, 0.3) is 0 Å². The van der Waals surface area contributed by atoms with E-state index in [4.69, 9.17) is 4.74 Å². The van der Waals surface area contributed by atoms with Crippen molar-refractivity contribution in [1.29, 1.82) is 0 Å². The zero-order chi connectivity index (χ0) is 18.2. The van der Waals surface area contributed by atoms with Crippen LogP contribution in [0.2, 0.25) is 0 Å². The minimum absolute atomic E-state index is 0.0630. The molecule has 3 nitrogen and oxygen atoms in total. The number of rotatable bonds is 4. The first-order valence-electron chi connectivity index (χ1n) is 8.97. The molecule has 0 bridgehead atoms. The van der Waals surface area contributed by atoms with Crippen molar-refractivity contribution in [3.05, 3.63) is 21.4 Å². The summed E-state index contributed by atoms with van der Waals surface area (Å²) in [5.74, 6) is 0. The predicted octanol–water partition coefficient (Wildman–Crippen LogP) is 3.88. The lowest BCUT2D eigenvalue weighted by Gasteiger charge is -2.47. The summed E-state index contributed by atoms with van der Waals surface area (Å²) < 4.78 is 43.6. The van der Waals surface area contributed by atoms with E-state index in [2.05, 4.69) is 13.0 Å². The molecule has 7 heteroatoms. The summed E-state index contributed by atoms with van der Waals surface area (Å²) in [6.07, 6.45) is -3.35. The fraction of sp³-hybridized carbons (Fsp3) is 0.778. The number of ether oxygens (including phenoxy) is 1. The highest BCUT2D eigenvalue weighted by molar-refractivity contribution is 7.12. The average molecular weight is 377 g/mol. The highest BCUT2D eigenvalue weighted by Crippen LogP contribution is 2.46. The van der Waals surface area contributed by atoms with Gasteiger partial charge in [-0.05, 0) is 37.8 Å². The number of likely N-dealkylation sites (tertiary alicyclic amines) is 1. The highest BCUT2D eigenvalue weighted by atomic mass is 32.1. The van der Waals surface area contributed by atoms with Crippen molar-refractivity contribution in [1.82, 2.24) is 4.90 Å². The van der Waals surface area contributed by atoms with Crippen molar-refractivity contribution in [2.75, 3.05) is 19.7 Å². The van der Waals surface area contributed by atoms with Gasteiger partial charge in [-0.25, -0.2) is 0 Å². The topological polar surface area (TPSA) is 32.7 Å². The number of hydrogen-bond acceptors (Lipinski definition) is 4. The van der Waals surface area contributed by atoms with Crippen molar-refractivity contribution < 1.29 is 23.0 Å². The molecule has 142 valence electrons. The van der Waals surface area contributed by atoms with E-state index in [1.165, 1.54) is 15.3 Å². The third kappa shape index (κ3) is 4.21. The maximum Gasteiger partial charge on any atom is 0.391 e. The molecule has 0 aliphatic carbocycles. The van der Waals surface area contributed by atoms with Crippen LogP contribution in [0.3, 0.4) is 0 Å². The summed E-state index contributed by atoms with van der Waals surface area (Å²) in [6, 6.07) is 2.34. The SMILES string of the molecule is CCc1cc2c(s1)CCO[C@@]21CCN(CC(O)CC(F)(F)F)[C@@H](C)C1. The van der Waals surface area contributed by atoms with E-state index in [1.54, 1.807) is 0 Å². The second-order valence-corrected chi connectivity index (χ2v) is 8.49. The van der Waals surface area contributed by atoms with Gasteiger partial charge in [0.2, 0.25) is 0 Å². The number of aliphatic hydroxyl groups is 1. The van der Waals surface area contributed by atoms with Crippen LogP contribution >= 0.6 is 11.3 Å². The number of piperidine rings is 1. The number of hydrogen-bond donors (Lipinski definition) is 1. The van der Waals surface area contributed by atoms with Crippen LogP contribution in [0.1, 0.15) is 48.4 Å². The molecule has 0 radical (unpaired) electrons. The fourth-order valence-corrected chi connectivity index (χ4v) is 5.33. The number of aliphatic hydroxyl groups excluding tert-OH is 1. The van der Waals surface area contributed by atoms with Gasteiger partial charge in [0.25, 0.3) is 0 Å². The third-order valence-corrected chi connectivity index (χ3v) is 6.71. The van der Waals surface area contributed by atoms with Crippen LogP contribution in [0.5, 0.6) is 0 Å². The minimum Gasteiger partial charge on any atom is -0.391 e. The molecule has 3 heterocycles. The van der Waals surface area contributed by atoms with E-state index < -0.39 is 18.7 Å². The lowest BCUT2D eigenvalue weighted by atomic mass is 9.79. The third-order valence-electron chi connectivity index (χ3n) is 5.37. The number of thiophene rings is 1. The molecular weight excluding hydrogens is 351 g/mol. The predicted molar refractivity (Wildman–Crippen MR) is 92.0 cm³/mol. The summed E-state index contributed by atoms with van der Waals surface area (Å²) in [5.41, 5.74) is 0.991. The van der Waals surface area contributed by atoms with Gasteiger partial charge in [0.15, 0.2) is 0 Å². The molecule has 1 aromatic heterocycles. The van der Waals surface area contributed by atoms with Crippen molar-refractivity contribution in [2.24, 2.45) is 0 Å². The molecular formula is C18H26F3NO2S. The fourth-order valence-electron chi connectivity index (χ4n) is 4.15. The Hall–Kier alpha value is -0.630. The van der Waals surface area contributed by atoms with E-state index in [-0.39, 0.29) is 18.2 Å². The smallest absolute Gasteiger partial charge is 0.391 e. The molecule has 0 aromatic carbocycles. The standard InChI is InChI=1S/C18H26F3NO2S/c1-3-14-8-15-16(25-14)4-7-24-17(15)5-6-22(12(2)9-17)11-13(23)10-18(19,20)21/h8,12-13,23H,3-7,9-11H2,1-2H3/t12-,13?,17+/m0/s1. The van der Waals surface area contributed by atoms with E-state index >= 15 is 0 Å². The number of halogens is 3. The molecule has 1 aromatic rings. The van der Waals surface area contributed by atoms with Crippen LogP contribution in [0, 0.1) is 0 Å². The largest absolute Gasteiger partial charge is 0.391 e. The van der Waals surface area contributed by atoms with Gasteiger partial charge in [0.1, 0.15) is 0 Å². The Kier molecular flexibility index (Phi) is 5.49. The van der Waals surface area contributed by atoms with Gasteiger partial charge in [-0.2, -0.15) is 13.2 Å². The first-order valence-corrected chi connectivity index (χ1v) is 9.79. The second kappa shape index (κ2) is 7.18. The Morgan fingerprint density at radius 1 is 1.48 bits per heavy atom. The molecule has 1 unspecified atom stereocenters. The summed E-state index contributed by atoms with van der Waals surface area (Å²) in [4.78, 5) is 4.73. The average Bonchev–Trinajstić information content (AvgIpc) is 2.93. The molecule has 3 rings (SSSR count). The lowest BCUT2D eigenvalue weighted by molar-refractivity contribution is -0.159. The number of fused-ring (bicyclic) bond motifs is 2. The van der Waals surface area contributed by atoms with Crippen LogP contribution in [0.4, 0.5) is 13.2 Å². The molecule has 2 aliphatic heterocycles. The quantitative estimate of drug-likeness (QED) is 0.865. The molecule has 1 saturated heterocycles. The van der Waals surface area contributed by atoms with Crippen LogP contribution < -0.4 is 0 Å². The molecule has 3 atom stereocenters. The number of β-amino-alcohol motifs (C(OH)–C–C–N with tert-alkyl or cyclic N) is 1. The Morgan fingerprint density at radius 3 is 2.88 bits per heavy atom. The molecule has 2 aliphatic rings. The van der Waals surface area contributed by atoms with Crippen molar-refractivity contribution >= 4 is 11.3 Å². The molecule has 0 amide bonds. The zero-order valence-corrected chi connectivity index (χ0v) is 15.6. The normalized spacial score (nSPS) is 29.0. The van der Waals surface area contributed by atoms with Gasteiger partial charge in [-0.1, -0.05) is 6.92 Å². The number of aryl methyl sites for hydroxylation is 1. The van der Waals surface area contributed by atoms with E-state index in [0.29, 0.717) is 13.2 Å². The van der Waals surface area contributed by atoms with Gasteiger partial charge >= 0.3 is 6.18 Å². The number of nitrogens with zero attached hydrogens (tertiary/aromatic N) is 1. The second-order valence-electron chi connectivity index (χ2n) is 7.27. The summed E-state index contributed by atoms with van der Waals surface area (Å²) in [7, 11) is 0. The first-order chi connectivity index (χ1) is 11.7. The Labute approximate surface area is 150 Å². The van der Waals surface area contributed by atoms with Gasteiger partial charge < -0.3 is 9.84 Å². The van der Waals surface area contributed by atoms with Crippen LogP contribution in [-0.4, -0.2) is 48.0 Å². The Balaban J connectivity index is 1.69. The summed E-state index contributed by atoms with van der Waals surface area (Å²) in [5, 5.41) is 9.76. The summed E-state index contributed by atoms with van der Waals surface area (Å²) >= 11 is 1.86. The van der Waals surface area contributed by atoms with Crippen molar-refractivity contribution in [3.8, 4) is 0 Å². The molecule has 25 heavy (non-hydrogen) atoms. The van der Waals surface area contributed by atoms with E-state index in [1.807, 2.05) is 23.2 Å². The lowest BCUT2D eigenvalue weighted by Crippen LogP contribution is -2.52. The van der Waals surface area contributed by atoms with Gasteiger partial charge in [0.05, 0.1) is 24.7 Å². The van der Waals surface area contributed by atoms with Gasteiger partial charge in [-0.3, -0.25) is 4.90 Å². The van der Waals surface area contributed by atoms with Crippen LogP contribution in [-0.2, 0) is 23.2 Å². The Bertz CT molecular complexity index is 604. The first kappa shape index (κ1) is 19.1. The number of alkyl halides is 3. The van der Waals surface area contributed by atoms with Gasteiger partial charge in [-0.15, -0.1) is 11.3 Å². The molecule has 1 fully saturated rings. The van der Waals surface area contributed by atoms with Crippen molar-refractivity contribution in [2.45, 2.75) is 69.9 Å². The maximum absolute atomic E-state index is 12.4. The highest BCUT2D eigenvalue weighted by Gasteiger charge is 2.45.